The Kier molecular flexibility index (Phi) is 5.41. The maximum absolute atomic E-state index is 12.0. The van der Waals surface area contributed by atoms with E-state index in [4.69, 9.17) is 9.47 Å². The average Bonchev–Trinajstić information content (AvgIpc) is 2.98. The molecule has 2 atom stereocenters. The fraction of sp³-hybridized carbons (Fsp3) is 0.562. The van der Waals surface area contributed by atoms with Crippen LogP contribution in [0.25, 0.3) is 0 Å². The van der Waals surface area contributed by atoms with Gasteiger partial charge in [0.15, 0.2) is 0 Å². The van der Waals surface area contributed by atoms with Crippen molar-refractivity contribution in [3.05, 3.63) is 29.8 Å². The minimum Gasteiger partial charge on any atom is -0.491 e. The third-order valence-electron chi connectivity index (χ3n) is 3.55. The highest BCUT2D eigenvalue weighted by atomic mass is 16.5. The average molecular weight is 277 g/mol. The van der Waals surface area contributed by atoms with Crippen LogP contribution < -0.4 is 10.1 Å². The van der Waals surface area contributed by atoms with E-state index in [9.17, 15) is 4.79 Å². The van der Waals surface area contributed by atoms with Crippen LogP contribution in [0.15, 0.2) is 24.3 Å². The molecule has 1 aliphatic rings. The summed E-state index contributed by atoms with van der Waals surface area (Å²) in [5, 5.41) is 2.95. The Labute approximate surface area is 120 Å². The number of hydrogen-bond donors (Lipinski definition) is 1. The monoisotopic (exact) mass is 277 g/mol. The summed E-state index contributed by atoms with van der Waals surface area (Å²) in [5.74, 6) is 0.666. The fourth-order valence-electron chi connectivity index (χ4n) is 2.10. The first-order valence-electron chi connectivity index (χ1n) is 7.34. The lowest BCUT2D eigenvalue weighted by molar-refractivity contribution is 0.0679. The fourth-order valence-corrected chi connectivity index (χ4v) is 2.10. The summed E-state index contributed by atoms with van der Waals surface area (Å²) in [6, 6.07) is 7.48. The minimum atomic E-state index is -0.0538. The van der Waals surface area contributed by atoms with E-state index >= 15 is 0 Å². The molecule has 4 heteroatoms. The Hall–Kier alpha value is -1.55. The van der Waals surface area contributed by atoms with Gasteiger partial charge in [-0.15, -0.1) is 0 Å². The van der Waals surface area contributed by atoms with Crippen molar-refractivity contribution >= 4 is 5.91 Å². The SMILES string of the molecule is CCC(C)NC(=O)c1cccc(OCC2CCCO2)c1. The van der Waals surface area contributed by atoms with Crippen LogP contribution in [0.5, 0.6) is 5.75 Å². The lowest BCUT2D eigenvalue weighted by Crippen LogP contribution is -2.31. The maximum atomic E-state index is 12.0. The normalized spacial score (nSPS) is 19.6. The van der Waals surface area contributed by atoms with Gasteiger partial charge in [0.05, 0.1) is 6.10 Å². The first kappa shape index (κ1) is 14.9. The summed E-state index contributed by atoms with van der Waals surface area (Å²) >= 11 is 0. The molecule has 0 radical (unpaired) electrons. The molecule has 0 spiro atoms. The molecule has 0 bridgehead atoms. The molecule has 1 heterocycles. The molecule has 0 aliphatic carbocycles. The van der Waals surface area contributed by atoms with Crippen molar-refractivity contribution in [1.82, 2.24) is 5.32 Å². The van der Waals surface area contributed by atoms with Gasteiger partial charge in [-0.2, -0.15) is 0 Å². The van der Waals surface area contributed by atoms with Gasteiger partial charge < -0.3 is 14.8 Å². The zero-order valence-corrected chi connectivity index (χ0v) is 12.2. The highest BCUT2D eigenvalue weighted by Gasteiger charge is 2.16. The smallest absolute Gasteiger partial charge is 0.251 e. The second-order valence-corrected chi connectivity index (χ2v) is 5.26. The quantitative estimate of drug-likeness (QED) is 0.869. The molecule has 1 aromatic carbocycles. The van der Waals surface area contributed by atoms with E-state index < -0.39 is 0 Å². The number of rotatable bonds is 6. The van der Waals surface area contributed by atoms with Crippen molar-refractivity contribution in [2.75, 3.05) is 13.2 Å². The van der Waals surface area contributed by atoms with Crippen LogP contribution in [0.1, 0.15) is 43.5 Å². The van der Waals surface area contributed by atoms with Crippen LogP contribution in [-0.4, -0.2) is 31.3 Å². The first-order valence-corrected chi connectivity index (χ1v) is 7.34. The molecule has 1 aliphatic heterocycles. The maximum Gasteiger partial charge on any atom is 0.251 e. The molecule has 2 unspecified atom stereocenters. The molecular formula is C16H23NO3. The Morgan fingerprint density at radius 1 is 1.55 bits per heavy atom. The second-order valence-electron chi connectivity index (χ2n) is 5.26. The predicted molar refractivity (Wildman–Crippen MR) is 78.1 cm³/mol. The van der Waals surface area contributed by atoms with E-state index in [2.05, 4.69) is 5.32 Å². The molecule has 1 N–H and O–H groups in total. The minimum absolute atomic E-state index is 0.0538. The summed E-state index contributed by atoms with van der Waals surface area (Å²) in [7, 11) is 0. The standard InChI is InChI=1S/C16H23NO3/c1-3-12(2)17-16(18)13-6-4-7-14(10-13)20-11-15-8-5-9-19-15/h4,6-7,10,12,15H,3,5,8-9,11H2,1-2H3,(H,17,18). The number of ether oxygens (including phenoxy) is 2. The van der Waals surface area contributed by atoms with Crippen LogP contribution in [0.4, 0.5) is 0 Å². The largest absolute Gasteiger partial charge is 0.491 e. The summed E-state index contributed by atoms with van der Waals surface area (Å²) in [6.45, 7) is 5.42. The molecule has 2 rings (SSSR count). The molecule has 0 aromatic heterocycles. The van der Waals surface area contributed by atoms with Crippen molar-refractivity contribution in [2.45, 2.75) is 45.3 Å². The van der Waals surface area contributed by atoms with Gasteiger partial charge >= 0.3 is 0 Å². The van der Waals surface area contributed by atoms with Gasteiger partial charge in [0, 0.05) is 18.2 Å². The predicted octanol–water partition coefficient (Wildman–Crippen LogP) is 2.77. The van der Waals surface area contributed by atoms with Gasteiger partial charge in [-0.25, -0.2) is 0 Å². The zero-order chi connectivity index (χ0) is 14.4. The summed E-state index contributed by atoms with van der Waals surface area (Å²) in [6.07, 6.45) is 3.26. The number of nitrogens with one attached hydrogen (secondary N) is 1. The van der Waals surface area contributed by atoms with Gasteiger partial charge in [0.2, 0.25) is 0 Å². The molecule has 1 saturated heterocycles. The summed E-state index contributed by atoms with van der Waals surface area (Å²) in [4.78, 5) is 12.0. The van der Waals surface area contributed by atoms with E-state index in [0.717, 1.165) is 31.6 Å². The lowest BCUT2D eigenvalue weighted by atomic mass is 10.1. The van der Waals surface area contributed by atoms with E-state index in [1.807, 2.05) is 26.0 Å². The van der Waals surface area contributed by atoms with Crippen molar-refractivity contribution in [3.8, 4) is 5.75 Å². The molecule has 0 saturated carbocycles. The van der Waals surface area contributed by atoms with E-state index in [1.54, 1.807) is 12.1 Å². The zero-order valence-electron chi connectivity index (χ0n) is 12.2. The summed E-state index contributed by atoms with van der Waals surface area (Å²) < 4.78 is 11.2. The van der Waals surface area contributed by atoms with Crippen molar-refractivity contribution < 1.29 is 14.3 Å². The Bertz CT molecular complexity index is 441. The Balaban J connectivity index is 1.91. The number of hydrogen-bond acceptors (Lipinski definition) is 3. The van der Waals surface area contributed by atoms with Crippen molar-refractivity contribution in [3.63, 3.8) is 0 Å². The highest BCUT2D eigenvalue weighted by molar-refractivity contribution is 5.94. The molecule has 1 amide bonds. The molecule has 110 valence electrons. The van der Waals surface area contributed by atoms with Gasteiger partial charge in [-0.3, -0.25) is 4.79 Å². The lowest BCUT2D eigenvalue weighted by Gasteiger charge is -2.14. The number of carbonyl (C=O) groups is 1. The second kappa shape index (κ2) is 7.29. The number of carbonyl (C=O) groups excluding carboxylic acids is 1. The van der Waals surface area contributed by atoms with Crippen LogP contribution in [-0.2, 0) is 4.74 Å². The van der Waals surface area contributed by atoms with Crippen LogP contribution >= 0.6 is 0 Å². The van der Waals surface area contributed by atoms with E-state index in [1.165, 1.54) is 0 Å². The number of benzene rings is 1. The van der Waals surface area contributed by atoms with Gasteiger partial charge in [-0.05, 0) is 44.4 Å². The molecule has 4 nitrogen and oxygen atoms in total. The van der Waals surface area contributed by atoms with Gasteiger partial charge in [0.25, 0.3) is 5.91 Å². The van der Waals surface area contributed by atoms with Crippen LogP contribution in [0, 0.1) is 0 Å². The van der Waals surface area contributed by atoms with Gasteiger partial charge in [0.1, 0.15) is 12.4 Å². The summed E-state index contributed by atoms with van der Waals surface area (Å²) in [5.41, 5.74) is 0.634. The van der Waals surface area contributed by atoms with E-state index in [-0.39, 0.29) is 18.1 Å². The molecule has 1 aromatic rings. The van der Waals surface area contributed by atoms with Crippen LogP contribution in [0.2, 0.25) is 0 Å². The first-order chi connectivity index (χ1) is 9.69. The number of amides is 1. The van der Waals surface area contributed by atoms with E-state index in [0.29, 0.717) is 12.2 Å². The Morgan fingerprint density at radius 2 is 2.40 bits per heavy atom. The molecule has 1 fully saturated rings. The topological polar surface area (TPSA) is 47.6 Å². The highest BCUT2D eigenvalue weighted by Crippen LogP contribution is 2.17. The third-order valence-corrected chi connectivity index (χ3v) is 3.55. The molecular weight excluding hydrogens is 254 g/mol. The van der Waals surface area contributed by atoms with Crippen molar-refractivity contribution in [2.24, 2.45) is 0 Å². The third kappa shape index (κ3) is 4.23. The van der Waals surface area contributed by atoms with Crippen LogP contribution in [0.3, 0.4) is 0 Å². The Morgan fingerprint density at radius 3 is 3.10 bits per heavy atom. The molecule has 20 heavy (non-hydrogen) atoms. The van der Waals surface area contributed by atoms with Gasteiger partial charge in [-0.1, -0.05) is 13.0 Å². The van der Waals surface area contributed by atoms with Crippen molar-refractivity contribution in [1.29, 1.82) is 0 Å².